The molecule has 28 heavy (non-hydrogen) atoms. The molecule has 0 amide bonds. The van der Waals surface area contributed by atoms with Gasteiger partial charge >= 0.3 is 10.4 Å². The van der Waals surface area contributed by atoms with Gasteiger partial charge in [0.15, 0.2) is 0 Å². The molecule has 11 nitrogen and oxygen atoms in total. The molecule has 1 aliphatic heterocycles. The molecule has 158 valence electrons. The van der Waals surface area contributed by atoms with Crippen LogP contribution in [0.1, 0.15) is 5.56 Å². The fraction of sp³-hybridized carbons (Fsp3) is 0.533. The molecule has 1 aliphatic rings. The Kier molecular flexibility index (Phi) is 8.18. The van der Waals surface area contributed by atoms with Gasteiger partial charge in [-0.2, -0.15) is 8.42 Å². The lowest BCUT2D eigenvalue weighted by atomic mass is 10.0. The number of hydrogen-bond donors (Lipinski definition) is 6. The third-order valence-corrected chi connectivity index (χ3v) is 5.34. The molecule has 1 fully saturated rings. The van der Waals surface area contributed by atoms with E-state index in [2.05, 4.69) is 9.44 Å². The fourth-order valence-corrected chi connectivity index (χ4v) is 3.73. The van der Waals surface area contributed by atoms with E-state index in [0.29, 0.717) is 17.3 Å². The van der Waals surface area contributed by atoms with Crippen molar-refractivity contribution < 1.29 is 47.5 Å². The second-order valence-electron chi connectivity index (χ2n) is 5.95. The van der Waals surface area contributed by atoms with Crippen LogP contribution in [-0.2, 0) is 25.8 Å². The number of hydrogen-bond acceptors (Lipinski definition) is 11. The Balaban J connectivity index is 2.21. The zero-order valence-corrected chi connectivity index (χ0v) is 16.0. The first kappa shape index (κ1) is 23.0. The molecule has 0 bridgehead atoms. The SMILES string of the molecule is O=S(=O)(O)O/N=C(/SC1OC(CO)C(O)C(O)C1O)C(O)Cc1ccccc1. The number of oxime groups is 1. The highest BCUT2D eigenvalue weighted by atomic mass is 32.3. The largest absolute Gasteiger partial charge is 0.466 e. The van der Waals surface area contributed by atoms with E-state index < -0.39 is 53.0 Å². The summed E-state index contributed by atoms with van der Waals surface area (Å²) in [5, 5.41) is 52.2. The lowest BCUT2D eigenvalue weighted by Crippen LogP contribution is -2.57. The summed E-state index contributed by atoms with van der Waals surface area (Å²) in [5.74, 6) is 0. The minimum Gasteiger partial charge on any atom is -0.394 e. The summed E-state index contributed by atoms with van der Waals surface area (Å²) < 4.78 is 39.6. The van der Waals surface area contributed by atoms with Crippen molar-refractivity contribution in [2.75, 3.05) is 6.61 Å². The zero-order valence-electron chi connectivity index (χ0n) is 14.3. The summed E-state index contributed by atoms with van der Waals surface area (Å²) in [6.45, 7) is -0.664. The Bertz CT molecular complexity index is 757. The average molecular weight is 439 g/mol. The van der Waals surface area contributed by atoms with E-state index >= 15 is 0 Å². The quantitative estimate of drug-likeness (QED) is 0.122. The lowest BCUT2D eigenvalue weighted by Gasteiger charge is -2.39. The monoisotopic (exact) mass is 439 g/mol. The van der Waals surface area contributed by atoms with Crippen LogP contribution in [0.4, 0.5) is 0 Å². The maximum absolute atomic E-state index is 10.8. The van der Waals surface area contributed by atoms with Crippen LogP contribution in [0.15, 0.2) is 35.5 Å². The fourth-order valence-electron chi connectivity index (χ4n) is 2.45. The molecule has 1 aromatic carbocycles. The first-order valence-corrected chi connectivity index (χ1v) is 10.3. The maximum Gasteiger partial charge on any atom is 0.466 e. The summed E-state index contributed by atoms with van der Waals surface area (Å²) >= 11 is 0.512. The average Bonchev–Trinajstić information content (AvgIpc) is 2.65. The number of rotatable bonds is 7. The number of aliphatic hydroxyl groups excluding tert-OH is 5. The van der Waals surface area contributed by atoms with Crippen LogP contribution in [-0.4, -0.2) is 86.1 Å². The van der Waals surface area contributed by atoms with Crippen molar-refractivity contribution in [2.45, 2.75) is 42.4 Å². The highest BCUT2D eigenvalue weighted by molar-refractivity contribution is 8.14. The second-order valence-corrected chi connectivity index (χ2v) is 8.08. The van der Waals surface area contributed by atoms with E-state index in [1.165, 1.54) is 0 Å². The molecule has 0 saturated carbocycles. The molecule has 1 aromatic rings. The van der Waals surface area contributed by atoms with E-state index in [1.807, 2.05) is 0 Å². The van der Waals surface area contributed by atoms with Gasteiger partial charge in [0, 0.05) is 6.42 Å². The Morgan fingerprint density at radius 2 is 1.82 bits per heavy atom. The standard InChI is InChI=1S/C15H21NO10S2/c17-7-10-11(19)12(20)13(21)15(25-10)27-14(16-26-28(22,23)24)9(18)6-8-4-2-1-3-5-8/h1-5,9-13,15,17-21H,6-7H2,(H,22,23,24)/b16-14+. The molecule has 2 rings (SSSR count). The minimum atomic E-state index is -4.96. The van der Waals surface area contributed by atoms with Crippen LogP contribution < -0.4 is 0 Å². The van der Waals surface area contributed by atoms with Crippen molar-refractivity contribution >= 4 is 27.2 Å². The molecule has 6 atom stereocenters. The Morgan fingerprint density at radius 1 is 1.18 bits per heavy atom. The van der Waals surface area contributed by atoms with Gasteiger partial charge in [-0.1, -0.05) is 47.2 Å². The molecular formula is C15H21NO10S2. The van der Waals surface area contributed by atoms with E-state index in [9.17, 15) is 34.0 Å². The van der Waals surface area contributed by atoms with E-state index in [-0.39, 0.29) is 11.5 Å². The maximum atomic E-state index is 10.8. The highest BCUT2D eigenvalue weighted by Gasteiger charge is 2.44. The number of nitrogens with zero attached hydrogens (tertiary/aromatic N) is 1. The molecule has 0 aliphatic carbocycles. The number of aliphatic hydroxyl groups is 5. The molecule has 0 radical (unpaired) electrons. The second kappa shape index (κ2) is 9.96. The summed E-state index contributed by atoms with van der Waals surface area (Å²) in [7, 11) is -4.96. The summed E-state index contributed by atoms with van der Waals surface area (Å²) in [6, 6.07) is 8.59. The van der Waals surface area contributed by atoms with E-state index in [0.717, 1.165) is 0 Å². The van der Waals surface area contributed by atoms with Gasteiger partial charge in [-0.15, -0.1) is 0 Å². The third-order valence-electron chi connectivity index (χ3n) is 3.86. The molecule has 1 saturated heterocycles. The molecule has 6 unspecified atom stereocenters. The number of thioether (sulfide) groups is 1. The number of benzene rings is 1. The van der Waals surface area contributed by atoms with Crippen LogP contribution in [0.5, 0.6) is 0 Å². The van der Waals surface area contributed by atoms with Crippen molar-refractivity contribution in [2.24, 2.45) is 5.16 Å². The minimum absolute atomic E-state index is 0.0149. The van der Waals surface area contributed by atoms with Gasteiger partial charge < -0.3 is 30.3 Å². The normalized spacial score (nSPS) is 30.1. The molecule has 13 heteroatoms. The van der Waals surface area contributed by atoms with Crippen molar-refractivity contribution in [1.82, 2.24) is 0 Å². The predicted octanol–water partition coefficient (Wildman–Crippen LogP) is -1.74. The predicted molar refractivity (Wildman–Crippen MR) is 97.6 cm³/mol. The molecule has 1 heterocycles. The Labute approximate surface area is 165 Å². The van der Waals surface area contributed by atoms with Gasteiger partial charge in [0.1, 0.15) is 41.0 Å². The first-order chi connectivity index (χ1) is 13.1. The van der Waals surface area contributed by atoms with Gasteiger partial charge in [-0.05, 0) is 5.56 Å². The number of ether oxygens (including phenoxy) is 1. The summed E-state index contributed by atoms with van der Waals surface area (Å²) in [6.07, 6.45) is -7.53. The molecule has 6 N–H and O–H groups in total. The highest BCUT2D eigenvalue weighted by Crippen LogP contribution is 2.30. The van der Waals surface area contributed by atoms with Crippen LogP contribution in [0.3, 0.4) is 0 Å². The zero-order chi connectivity index (χ0) is 20.9. The third kappa shape index (κ3) is 6.37. The van der Waals surface area contributed by atoms with Crippen LogP contribution >= 0.6 is 11.8 Å². The van der Waals surface area contributed by atoms with Crippen LogP contribution in [0.25, 0.3) is 0 Å². The molecule has 0 spiro atoms. The van der Waals surface area contributed by atoms with Crippen molar-refractivity contribution in [1.29, 1.82) is 0 Å². The van der Waals surface area contributed by atoms with Gasteiger partial charge in [0.25, 0.3) is 0 Å². The Hall–Kier alpha value is -1.29. The van der Waals surface area contributed by atoms with Crippen molar-refractivity contribution in [3.63, 3.8) is 0 Å². The summed E-state index contributed by atoms with van der Waals surface area (Å²) in [5.41, 5.74) is -0.659. The molecule has 0 aromatic heterocycles. The lowest BCUT2D eigenvalue weighted by molar-refractivity contribution is -0.205. The van der Waals surface area contributed by atoms with Gasteiger partial charge in [-0.3, -0.25) is 4.55 Å². The summed E-state index contributed by atoms with van der Waals surface area (Å²) in [4.78, 5) is 0. The van der Waals surface area contributed by atoms with E-state index in [1.54, 1.807) is 30.3 Å². The molecular weight excluding hydrogens is 418 g/mol. The van der Waals surface area contributed by atoms with E-state index in [4.69, 9.17) is 9.29 Å². The van der Waals surface area contributed by atoms with Gasteiger partial charge in [-0.25, -0.2) is 4.28 Å². The van der Waals surface area contributed by atoms with Crippen molar-refractivity contribution in [3.05, 3.63) is 35.9 Å². The smallest absolute Gasteiger partial charge is 0.394 e. The van der Waals surface area contributed by atoms with Crippen LogP contribution in [0, 0.1) is 0 Å². The van der Waals surface area contributed by atoms with Gasteiger partial charge in [0.05, 0.1) is 6.61 Å². The van der Waals surface area contributed by atoms with Crippen molar-refractivity contribution in [3.8, 4) is 0 Å². The van der Waals surface area contributed by atoms with Crippen LogP contribution in [0.2, 0.25) is 0 Å². The first-order valence-electron chi connectivity index (χ1n) is 8.05. The topological polar surface area (TPSA) is 186 Å². The Morgan fingerprint density at radius 3 is 2.39 bits per heavy atom. The van der Waals surface area contributed by atoms with Gasteiger partial charge in [0.2, 0.25) is 0 Å².